The van der Waals surface area contributed by atoms with Crippen LogP contribution in [0.5, 0.6) is 0 Å². The molecule has 2 atom stereocenters. The average Bonchev–Trinajstić information content (AvgIpc) is 2.36. The van der Waals surface area contributed by atoms with Gasteiger partial charge in [0, 0.05) is 25.2 Å². The second kappa shape index (κ2) is 5.22. The molecule has 2 unspecified atom stereocenters. The Bertz CT molecular complexity index is 430. The van der Waals surface area contributed by atoms with E-state index < -0.39 is 0 Å². The second-order valence-electron chi connectivity index (χ2n) is 5.61. The van der Waals surface area contributed by atoms with Gasteiger partial charge in [-0.05, 0) is 37.7 Å². The van der Waals surface area contributed by atoms with Gasteiger partial charge in [-0.1, -0.05) is 13.8 Å². The SMILES string of the molecule is Cc1nnc(N2CCC(C)C(C)C2)c(CN)c1C. The number of hydrogen-bond donors (Lipinski definition) is 1. The maximum absolute atomic E-state index is 5.89. The fourth-order valence-electron chi connectivity index (χ4n) is 2.60. The van der Waals surface area contributed by atoms with Crippen LogP contribution in [0, 0.1) is 25.7 Å². The van der Waals surface area contributed by atoms with Crippen molar-refractivity contribution >= 4 is 5.82 Å². The molecule has 1 aliphatic rings. The molecule has 0 aliphatic carbocycles. The fourth-order valence-corrected chi connectivity index (χ4v) is 2.60. The van der Waals surface area contributed by atoms with Crippen molar-refractivity contribution in [1.29, 1.82) is 0 Å². The number of aromatic nitrogens is 2. The fraction of sp³-hybridized carbons (Fsp3) is 0.714. The van der Waals surface area contributed by atoms with Gasteiger partial charge in [-0.2, -0.15) is 5.10 Å². The van der Waals surface area contributed by atoms with E-state index in [0.717, 1.165) is 36.1 Å². The van der Waals surface area contributed by atoms with Crippen molar-refractivity contribution in [3.05, 3.63) is 16.8 Å². The minimum Gasteiger partial charge on any atom is -0.355 e. The lowest BCUT2D eigenvalue weighted by atomic mass is 9.88. The van der Waals surface area contributed by atoms with Crippen LogP contribution in [0.25, 0.3) is 0 Å². The van der Waals surface area contributed by atoms with Gasteiger partial charge in [0.1, 0.15) is 0 Å². The van der Waals surface area contributed by atoms with Crippen molar-refractivity contribution < 1.29 is 0 Å². The highest BCUT2D eigenvalue weighted by atomic mass is 15.3. The molecule has 0 bridgehead atoms. The minimum absolute atomic E-state index is 0.540. The number of aryl methyl sites for hydroxylation is 1. The lowest BCUT2D eigenvalue weighted by molar-refractivity contribution is 0.322. The van der Waals surface area contributed by atoms with Crippen LogP contribution < -0.4 is 10.6 Å². The van der Waals surface area contributed by atoms with Crippen molar-refractivity contribution in [2.75, 3.05) is 18.0 Å². The van der Waals surface area contributed by atoms with Gasteiger partial charge in [-0.3, -0.25) is 0 Å². The Morgan fingerprint density at radius 1 is 1.22 bits per heavy atom. The van der Waals surface area contributed by atoms with Gasteiger partial charge in [0.05, 0.1) is 5.69 Å². The maximum Gasteiger partial charge on any atom is 0.156 e. The normalized spacial score (nSPS) is 24.4. The topological polar surface area (TPSA) is 55.0 Å². The first-order valence-electron chi connectivity index (χ1n) is 6.82. The first-order chi connectivity index (χ1) is 8.54. The summed E-state index contributed by atoms with van der Waals surface area (Å²) < 4.78 is 0. The van der Waals surface area contributed by atoms with Gasteiger partial charge >= 0.3 is 0 Å². The maximum atomic E-state index is 5.89. The Labute approximate surface area is 110 Å². The standard InChI is InChI=1S/C14H24N4/c1-9-5-6-18(8-10(9)2)14-13(7-15)11(3)12(4)16-17-14/h9-10H,5-8,15H2,1-4H3. The molecular weight excluding hydrogens is 224 g/mol. The smallest absolute Gasteiger partial charge is 0.156 e. The third kappa shape index (κ3) is 2.34. The van der Waals surface area contributed by atoms with E-state index in [-0.39, 0.29) is 0 Å². The molecule has 1 aromatic heterocycles. The van der Waals surface area contributed by atoms with E-state index in [0.29, 0.717) is 12.5 Å². The predicted molar refractivity (Wildman–Crippen MR) is 74.6 cm³/mol. The van der Waals surface area contributed by atoms with Crippen LogP contribution in [0.1, 0.15) is 37.1 Å². The Hall–Kier alpha value is -1.16. The van der Waals surface area contributed by atoms with E-state index in [1.807, 2.05) is 6.92 Å². The zero-order chi connectivity index (χ0) is 13.3. The summed E-state index contributed by atoms with van der Waals surface area (Å²) >= 11 is 0. The number of piperidine rings is 1. The summed E-state index contributed by atoms with van der Waals surface area (Å²) in [6.45, 7) is 11.4. The second-order valence-corrected chi connectivity index (χ2v) is 5.61. The molecule has 2 heterocycles. The highest BCUT2D eigenvalue weighted by molar-refractivity contribution is 5.51. The molecule has 1 fully saturated rings. The van der Waals surface area contributed by atoms with Crippen molar-refractivity contribution in [3.63, 3.8) is 0 Å². The Balaban J connectivity index is 2.31. The molecule has 18 heavy (non-hydrogen) atoms. The molecule has 2 N–H and O–H groups in total. The van der Waals surface area contributed by atoms with Crippen molar-refractivity contribution in [2.45, 2.75) is 40.7 Å². The Morgan fingerprint density at radius 3 is 2.56 bits per heavy atom. The summed E-state index contributed by atoms with van der Waals surface area (Å²) in [7, 11) is 0. The highest BCUT2D eigenvalue weighted by Gasteiger charge is 2.25. The largest absolute Gasteiger partial charge is 0.355 e. The van der Waals surface area contributed by atoms with Crippen molar-refractivity contribution in [3.8, 4) is 0 Å². The van der Waals surface area contributed by atoms with Crippen LogP contribution in [-0.2, 0) is 6.54 Å². The Kier molecular flexibility index (Phi) is 3.85. The molecule has 100 valence electrons. The van der Waals surface area contributed by atoms with E-state index in [1.54, 1.807) is 0 Å². The summed E-state index contributed by atoms with van der Waals surface area (Å²) in [5, 5.41) is 8.65. The van der Waals surface area contributed by atoms with E-state index >= 15 is 0 Å². The molecule has 0 aromatic carbocycles. The quantitative estimate of drug-likeness (QED) is 0.870. The van der Waals surface area contributed by atoms with Gasteiger partial charge in [0.2, 0.25) is 0 Å². The molecular formula is C14H24N4. The van der Waals surface area contributed by atoms with Crippen molar-refractivity contribution in [2.24, 2.45) is 17.6 Å². The van der Waals surface area contributed by atoms with E-state index in [1.165, 1.54) is 12.0 Å². The van der Waals surface area contributed by atoms with Gasteiger partial charge < -0.3 is 10.6 Å². The molecule has 0 radical (unpaired) electrons. The highest BCUT2D eigenvalue weighted by Crippen LogP contribution is 2.29. The van der Waals surface area contributed by atoms with Gasteiger partial charge in [0.15, 0.2) is 5.82 Å². The zero-order valence-electron chi connectivity index (χ0n) is 11.9. The summed E-state index contributed by atoms with van der Waals surface area (Å²) in [4.78, 5) is 2.35. The molecule has 0 saturated carbocycles. The zero-order valence-corrected chi connectivity index (χ0v) is 11.9. The Morgan fingerprint density at radius 2 is 1.94 bits per heavy atom. The van der Waals surface area contributed by atoms with Crippen LogP contribution in [0.15, 0.2) is 0 Å². The first-order valence-corrected chi connectivity index (χ1v) is 6.82. The third-order valence-corrected chi connectivity index (χ3v) is 4.40. The summed E-state index contributed by atoms with van der Waals surface area (Å²) in [6.07, 6.45) is 1.22. The van der Waals surface area contributed by atoms with Crippen LogP contribution >= 0.6 is 0 Å². The number of nitrogens with two attached hydrogens (primary N) is 1. The molecule has 1 saturated heterocycles. The third-order valence-electron chi connectivity index (χ3n) is 4.40. The molecule has 0 spiro atoms. The molecule has 0 amide bonds. The monoisotopic (exact) mass is 248 g/mol. The van der Waals surface area contributed by atoms with Crippen LogP contribution in [0.3, 0.4) is 0 Å². The predicted octanol–water partition coefficient (Wildman–Crippen LogP) is 2.03. The first kappa shape index (κ1) is 13.3. The molecule has 1 aromatic rings. The molecule has 4 heteroatoms. The molecule has 1 aliphatic heterocycles. The van der Waals surface area contributed by atoms with Crippen LogP contribution in [0.2, 0.25) is 0 Å². The summed E-state index contributed by atoms with van der Waals surface area (Å²) in [6, 6.07) is 0. The number of nitrogens with zero attached hydrogens (tertiary/aromatic N) is 3. The van der Waals surface area contributed by atoms with E-state index in [4.69, 9.17) is 5.73 Å². The van der Waals surface area contributed by atoms with Crippen LogP contribution in [-0.4, -0.2) is 23.3 Å². The van der Waals surface area contributed by atoms with E-state index in [2.05, 4.69) is 35.9 Å². The minimum atomic E-state index is 0.540. The lowest BCUT2D eigenvalue weighted by Gasteiger charge is -2.36. The molecule has 2 rings (SSSR count). The van der Waals surface area contributed by atoms with Gasteiger partial charge in [-0.15, -0.1) is 5.10 Å². The number of rotatable bonds is 2. The summed E-state index contributed by atoms with van der Waals surface area (Å²) in [5.41, 5.74) is 9.22. The van der Waals surface area contributed by atoms with Crippen LogP contribution in [0.4, 0.5) is 5.82 Å². The molecule has 4 nitrogen and oxygen atoms in total. The van der Waals surface area contributed by atoms with Gasteiger partial charge in [-0.25, -0.2) is 0 Å². The average molecular weight is 248 g/mol. The van der Waals surface area contributed by atoms with Crippen molar-refractivity contribution in [1.82, 2.24) is 10.2 Å². The van der Waals surface area contributed by atoms with E-state index in [9.17, 15) is 0 Å². The number of anilines is 1. The van der Waals surface area contributed by atoms with Gasteiger partial charge in [0.25, 0.3) is 0 Å². The number of hydrogen-bond acceptors (Lipinski definition) is 4. The summed E-state index contributed by atoms with van der Waals surface area (Å²) in [5.74, 6) is 2.49. The lowest BCUT2D eigenvalue weighted by Crippen LogP contribution is -2.39.